The number of hydrogen-bond donors (Lipinski definition) is 3. The standard InChI is InChI=1S/C13H24N2O/c1-8-9-6-11(13(8,2)3)10(7-15(4)5)12(9)14-16/h8,10-11,14,16H,6-7H2,1-5H3/p+1. The van der Waals surface area contributed by atoms with Crippen molar-refractivity contribution in [1.29, 1.82) is 0 Å². The van der Waals surface area contributed by atoms with Gasteiger partial charge < -0.3 is 4.90 Å². The second-order valence-electron chi connectivity index (χ2n) is 6.42. The number of rotatable bonds is 3. The minimum atomic E-state index is 0.385. The van der Waals surface area contributed by atoms with Crippen molar-refractivity contribution < 1.29 is 10.1 Å². The molecule has 0 aromatic rings. The molecule has 0 heterocycles. The van der Waals surface area contributed by atoms with E-state index in [4.69, 9.17) is 0 Å². The lowest BCUT2D eigenvalue weighted by molar-refractivity contribution is -0.862. The van der Waals surface area contributed by atoms with E-state index in [0.29, 0.717) is 23.2 Å². The van der Waals surface area contributed by atoms with Gasteiger partial charge in [-0.05, 0) is 29.2 Å². The largest absolute Gasteiger partial charge is 0.339 e. The summed E-state index contributed by atoms with van der Waals surface area (Å²) in [6, 6.07) is 0. The highest BCUT2D eigenvalue weighted by molar-refractivity contribution is 5.33. The number of nitrogens with one attached hydrogen (secondary N) is 2. The fourth-order valence-corrected chi connectivity index (χ4v) is 3.73. The molecule has 0 aromatic carbocycles. The van der Waals surface area contributed by atoms with Crippen LogP contribution < -0.4 is 10.4 Å². The van der Waals surface area contributed by atoms with E-state index in [1.807, 2.05) is 0 Å². The van der Waals surface area contributed by atoms with Crippen molar-refractivity contribution in [2.75, 3.05) is 20.6 Å². The second kappa shape index (κ2) is 3.74. The van der Waals surface area contributed by atoms with Crippen molar-refractivity contribution >= 4 is 0 Å². The first-order valence-corrected chi connectivity index (χ1v) is 6.31. The van der Waals surface area contributed by atoms with Crippen molar-refractivity contribution in [3.8, 4) is 0 Å². The van der Waals surface area contributed by atoms with E-state index in [2.05, 4.69) is 40.3 Å². The van der Waals surface area contributed by atoms with Gasteiger partial charge in [0.05, 0.1) is 26.6 Å². The molecule has 0 amide bonds. The molecule has 92 valence electrons. The highest BCUT2D eigenvalue weighted by Crippen LogP contribution is 2.60. The van der Waals surface area contributed by atoms with Crippen LogP contribution in [-0.4, -0.2) is 25.8 Å². The van der Waals surface area contributed by atoms with E-state index in [-0.39, 0.29) is 0 Å². The zero-order valence-corrected chi connectivity index (χ0v) is 11.1. The van der Waals surface area contributed by atoms with Gasteiger partial charge in [0.15, 0.2) is 0 Å². The van der Waals surface area contributed by atoms with E-state index in [0.717, 1.165) is 12.2 Å². The van der Waals surface area contributed by atoms with Gasteiger partial charge in [-0.1, -0.05) is 20.8 Å². The zero-order valence-electron chi connectivity index (χ0n) is 11.1. The Morgan fingerprint density at radius 3 is 2.56 bits per heavy atom. The third kappa shape index (κ3) is 1.49. The maximum atomic E-state index is 9.34. The molecule has 3 unspecified atom stereocenters. The maximum Gasteiger partial charge on any atom is 0.0854 e. The molecule has 0 aliphatic heterocycles. The smallest absolute Gasteiger partial charge is 0.0854 e. The molecule has 3 N–H and O–H groups in total. The predicted molar refractivity (Wildman–Crippen MR) is 64.2 cm³/mol. The lowest BCUT2D eigenvalue weighted by atomic mass is 9.67. The summed E-state index contributed by atoms with van der Waals surface area (Å²) in [5.41, 5.74) is 5.45. The summed E-state index contributed by atoms with van der Waals surface area (Å²) in [6.45, 7) is 8.15. The molecule has 1 fully saturated rings. The molecule has 3 nitrogen and oxygen atoms in total. The Bertz CT molecular complexity index is 320. The summed E-state index contributed by atoms with van der Waals surface area (Å²) < 4.78 is 0. The van der Waals surface area contributed by atoms with Crippen molar-refractivity contribution in [1.82, 2.24) is 5.48 Å². The lowest BCUT2D eigenvalue weighted by Crippen LogP contribution is -3.06. The first-order valence-electron chi connectivity index (χ1n) is 6.31. The van der Waals surface area contributed by atoms with Crippen LogP contribution in [0.5, 0.6) is 0 Å². The predicted octanol–water partition coefficient (Wildman–Crippen LogP) is 0.676. The van der Waals surface area contributed by atoms with Gasteiger partial charge in [-0.15, -0.1) is 0 Å². The zero-order chi connectivity index (χ0) is 12.1. The second-order valence-corrected chi connectivity index (χ2v) is 6.42. The van der Waals surface area contributed by atoms with Crippen LogP contribution in [0, 0.1) is 23.2 Å². The van der Waals surface area contributed by atoms with Crippen LogP contribution in [-0.2, 0) is 0 Å². The van der Waals surface area contributed by atoms with Gasteiger partial charge in [-0.2, -0.15) is 0 Å². The molecule has 0 spiro atoms. The molecular formula is C13H25N2O+. The fourth-order valence-electron chi connectivity index (χ4n) is 3.73. The molecule has 0 aromatic heterocycles. The molecule has 16 heavy (non-hydrogen) atoms. The molecule has 3 heteroatoms. The summed E-state index contributed by atoms with van der Waals surface area (Å²) in [7, 11) is 4.37. The molecule has 3 atom stereocenters. The summed E-state index contributed by atoms with van der Waals surface area (Å²) in [4.78, 5) is 1.45. The Labute approximate surface area is 98.5 Å². The van der Waals surface area contributed by atoms with Crippen molar-refractivity contribution in [3.63, 3.8) is 0 Å². The molecule has 2 aliphatic carbocycles. The molecule has 2 bridgehead atoms. The topological polar surface area (TPSA) is 36.7 Å². The molecular weight excluding hydrogens is 200 g/mol. The summed E-state index contributed by atoms with van der Waals surface area (Å²) in [6.07, 6.45) is 1.18. The van der Waals surface area contributed by atoms with Crippen molar-refractivity contribution in [2.45, 2.75) is 27.2 Å². The minimum absolute atomic E-state index is 0.385. The van der Waals surface area contributed by atoms with E-state index in [1.54, 1.807) is 0 Å². The monoisotopic (exact) mass is 225 g/mol. The van der Waals surface area contributed by atoms with Crippen LogP contribution in [0.3, 0.4) is 0 Å². The number of hydroxylamine groups is 1. The van der Waals surface area contributed by atoms with Gasteiger partial charge in [0.1, 0.15) is 0 Å². The third-order valence-electron chi connectivity index (χ3n) is 4.99. The Morgan fingerprint density at radius 1 is 1.44 bits per heavy atom. The number of hydrogen-bond acceptors (Lipinski definition) is 2. The van der Waals surface area contributed by atoms with Gasteiger partial charge in [0.2, 0.25) is 0 Å². The highest BCUT2D eigenvalue weighted by atomic mass is 16.5. The normalized spacial score (nSPS) is 36.3. The van der Waals surface area contributed by atoms with Crippen LogP contribution >= 0.6 is 0 Å². The van der Waals surface area contributed by atoms with Crippen molar-refractivity contribution in [2.24, 2.45) is 23.2 Å². The number of allylic oxidation sites excluding steroid dienone is 1. The van der Waals surface area contributed by atoms with Crippen LogP contribution in [0.4, 0.5) is 0 Å². The summed E-state index contributed by atoms with van der Waals surface area (Å²) in [5.74, 6) is 1.80. The lowest BCUT2D eigenvalue weighted by Gasteiger charge is -2.39. The highest BCUT2D eigenvalue weighted by Gasteiger charge is 2.54. The van der Waals surface area contributed by atoms with Crippen molar-refractivity contribution in [3.05, 3.63) is 11.3 Å². The molecule has 2 rings (SSSR count). The first-order chi connectivity index (χ1) is 7.39. The Balaban J connectivity index is 2.32. The molecule has 2 aliphatic rings. The van der Waals surface area contributed by atoms with Gasteiger partial charge in [-0.3, -0.25) is 10.7 Å². The average molecular weight is 225 g/mol. The van der Waals surface area contributed by atoms with Crippen LogP contribution in [0.15, 0.2) is 11.3 Å². The van der Waals surface area contributed by atoms with Gasteiger partial charge >= 0.3 is 0 Å². The maximum absolute atomic E-state index is 9.34. The van der Waals surface area contributed by atoms with E-state index >= 15 is 0 Å². The summed E-state index contributed by atoms with van der Waals surface area (Å²) in [5, 5.41) is 9.34. The van der Waals surface area contributed by atoms with Crippen LogP contribution in [0.2, 0.25) is 0 Å². The Morgan fingerprint density at radius 2 is 2.06 bits per heavy atom. The molecule has 0 radical (unpaired) electrons. The quantitative estimate of drug-likeness (QED) is 0.618. The van der Waals surface area contributed by atoms with E-state index in [1.165, 1.54) is 16.9 Å². The fraction of sp³-hybridized carbons (Fsp3) is 0.846. The third-order valence-corrected chi connectivity index (χ3v) is 4.99. The summed E-state index contributed by atoms with van der Waals surface area (Å²) >= 11 is 0. The van der Waals surface area contributed by atoms with Crippen LogP contribution in [0.25, 0.3) is 0 Å². The minimum Gasteiger partial charge on any atom is -0.339 e. The number of quaternary nitrogens is 1. The van der Waals surface area contributed by atoms with Gasteiger partial charge in [-0.25, -0.2) is 0 Å². The van der Waals surface area contributed by atoms with E-state index in [9.17, 15) is 5.21 Å². The van der Waals surface area contributed by atoms with Gasteiger partial charge in [0, 0.05) is 5.70 Å². The first kappa shape index (κ1) is 11.9. The Kier molecular flexibility index (Phi) is 2.79. The average Bonchev–Trinajstić information content (AvgIpc) is 2.63. The SMILES string of the molecule is CC1C2=C(NO)C(C[NH+](C)C)C(C2)C1(C)C. The van der Waals surface area contributed by atoms with Gasteiger partial charge in [0.25, 0.3) is 0 Å². The number of fused-ring (bicyclic) bond motifs is 2. The van der Waals surface area contributed by atoms with Crippen LogP contribution in [0.1, 0.15) is 27.2 Å². The Hall–Kier alpha value is -0.540. The molecule has 1 saturated carbocycles. The van der Waals surface area contributed by atoms with E-state index < -0.39 is 0 Å². The molecule has 0 saturated heterocycles.